The van der Waals surface area contributed by atoms with E-state index in [0.717, 1.165) is 23.8 Å². The molecule has 0 saturated carbocycles. The van der Waals surface area contributed by atoms with E-state index in [4.69, 9.17) is 0 Å². The predicted molar refractivity (Wildman–Crippen MR) is 74.7 cm³/mol. The van der Waals surface area contributed by atoms with E-state index < -0.39 is 0 Å². The molecule has 94 valence electrons. The molecule has 2 rings (SSSR count). The zero-order chi connectivity index (χ0) is 12.8. The number of aryl methyl sites for hydroxylation is 1. The molecule has 0 bridgehead atoms. The molecule has 0 spiro atoms. The van der Waals surface area contributed by atoms with Crippen LogP contribution in [0.2, 0.25) is 0 Å². The minimum absolute atomic E-state index is 0.792. The first-order valence-corrected chi connectivity index (χ1v) is 6.85. The van der Waals surface area contributed by atoms with Crippen LogP contribution in [0, 0.1) is 6.92 Å². The number of nitrogens with one attached hydrogen (secondary N) is 1. The maximum absolute atomic E-state index is 4.37. The molecule has 4 heteroatoms. The minimum atomic E-state index is 0.792. The van der Waals surface area contributed by atoms with Crippen molar-refractivity contribution >= 4 is 11.8 Å². The van der Waals surface area contributed by atoms with Gasteiger partial charge in [-0.15, -0.1) is 0 Å². The Morgan fingerprint density at radius 1 is 1.22 bits per heavy atom. The molecule has 0 amide bonds. The summed E-state index contributed by atoms with van der Waals surface area (Å²) in [6, 6.07) is 8.36. The molecule has 3 nitrogen and oxygen atoms in total. The van der Waals surface area contributed by atoms with E-state index in [0.29, 0.717) is 0 Å². The number of nitrogens with zero attached hydrogens (tertiary/aromatic N) is 2. The molecule has 0 fully saturated rings. The van der Waals surface area contributed by atoms with Crippen LogP contribution in [0.1, 0.15) is 18.1 Å². The van der Waals surface area contributed by atoms with Gasteiger partial charge in [0.05, 0.1) is 0 Å². The molecule has 1 heterocycles. The van der Waals surface area contributed by atoms with Crippen molar-refractivity contribution in [2.24, 2.45) is 0 Å². The van der Waals surface area contributed by atoms with E-state index in [1.54, 1.807) is 11.8 Å². The Hall–Kier alpha value is -1.39. The molecule has 18 heavy (non-hydrogen) atoms. The SMILES string of the molecule is CCNCc1cnc(Sc2cccc(C)c2)nc1. The molecule has 0 unspecified atom stereocenters. The van der Waals surface area contributed by atoms with Crippen molar-refractivity contribution in [2.45, 2.75) is 30.4 Å². The van der Waals surface area contributed by atoms with E-state index in [1.807, 2.05) is 12.4 Å². The van der Waals surface area contributed by atoms with Crippen molar-refractivity contribution in [3.63, 3.8) is 0 Å². The third kappa shape index (κ3) is 3.82. The Labute approximate surface area is 112 Å². The molecular weight excluding hydrogens is 242 g/mol. The molecule has 0 saturated heterocycles. The van der Waals surface area contributed by atoms with Crippen molar-refractivity contribution in [3.8, 4) is 0 Å². The van der Waals surface area contributed by atoms with E-state index in [-0.39, 0.29) is 0 Å². The van der Waals surface area contributed by atoms with Gasteiger partial charge in [0, 0.05) is 29.4 Å². The summed E-state index contributed by atoms with van der Waals surface area (Å²) >= 11 is 1.59. The number of hydrogen-bond acceptors (Lipinski definition) is 4. The summed E-state index contributed by atoms with van der Waals surface area (Å²) in [5.41, 5.74) is 2.37. The highest BCUT2D eigenvalue weighted by Gasteiger charge is 2.01. The first kappa shape index (κ1) is 13.1. The van der Waals surface area contributed by atoms with Crippen molar-refractivity contribution in [3.05, 3.63) is 47.8 Å². The average molecular weight is 259 g/mol. The Morgan fingerprint density at radius 2 is 2.00 bits per heavy atom. The van der Waals surface area contributed by atoms with E-state index >= 15 is 0 Å². The molecule has 0 aliphatic rings. The average Bonchev–Trinajstić information content (AvgIpc) is 2.38. The standard InChI is InChI=1S/C14H17N3S/c1-3-15-8-12-9-16-14(17-10-12)18-13-6-4-5-11(2)7-13/h4-7,9-10,15H,3,8H2,1-2H3. The summed E-state index contributed by atoms with van der Waals surface area (Å²) in [5.74, 6) is 0. The lowest BCUT2D eigenvalue weighted by molar-refractivity contribution is 0.716. The summed E-state index contributed by atoms with van der Waals surface area (Å²) in [6.07, 6.45) is 3.77. The molecule has 0 radical (unpaired) electrons. The fraction of sp³-hybridized carbons (Fsp3) is 0.286. The number of hydrogen-bond donors (Lipinski definition) is 1. The zero-order valence-electron chi connectivity index (χ0n) is 10.7. The van der Waals surface area contributed by atoms with Crippen molar-refractivity contribution in [2.75, 3.05) is 6.54 Å². The van der Waals surface area contributed by atoms with Gasteiger partial charge in [0.2, 0.25) is 0 Å². The van der Waals surface area contributed by atoms with Crippen LogP contribution in [0.25, 0.3) is 0 Å². The van der Waals surface area contributed by atoms with Gasteiger partial charge in [0.15, 0.2) is 5.16 Å². The second-order valence-electron chi connectivity index (χ2n) is 4.07. The smallest absolute Gasteiger partial charge is 0.192 e. The Bertz CT molecular complexity index is 497. The third-order valence-electron chi connectivity index (χ3n) is 2.46. The zero-order valence-corrected chi connectivity index (χ0v) is 11.5. The normalized spacial score (nSPS) is 10.6. The predicted octanol–water partition coefficient (Wildman–Crippen LogP) is 3.05. The monoisotopic (exact) mass is 259 g/mol. The summed E-state index contributed by atoms with van der Waals surface area (Å²) < 4.78 is 0. The first-order chi connectivity index (χ1) is 8.78. The summed E-state index contributed by atoms with van der Waals surface area (Å²) in [6.45, 7) is 5.96. The van der Waals surface area contributed by atoms with Gasteiger partial charge in [-0.3, -0.25) is 0 Å². The van der Waals surface area contributed by atoms with Gasteiger partial charge in [-0.1, -0.05) is 24.6 Å². The number of rotatable bonds is 5. The van der Waals surface area contributed by atoms with Crippen LogP contribution in [-0.2, 0) is 6.54 Å². The van der Waals surface area contributed by atoms with Crippen LogP contribution in [0.4, 0.5) is 0 Å². The highest BCUT2D eigenvalue weighted by molar-refractivity contribution is 7.99. The fourth-order valence-corrected chi connectivity index (χ4v) is 2.35. The molecule has 1 aromatic heterocycles. The van der Waals surface area contributed by atoms with Crippen molar-refractivity contribution in [1.29, 1.82) is 0 Å². The molecule has 1 N–H and O–H groups in total. The lowest BCUT2D eigenvalue weighted by Gasteiger charge is -2.03. The number of benzene rings is 1. The molecule has 0 aliphatic carbocycles. The molecule has 0 aliphatic heterocycles. The highest BCUT2D eigenvalue weighted by atomic mass is 32.2. The molecule has 2 aromatic rings. The summed E-state index contributed by atoms with van der Waals surface area (Å²) in [4.78, 5) is 9.91. The lowest BCUT2D eigenvalue weighted by Crippen LogP contribution is -2.12. The summed E-state index contributed by atoms with van der Waals surface area (Å²) in [5, 5.41) is 4.05. The van der Waals surface area contributed by atoms with Crippen LogP contribution < -0.4 is 5.32 Å². The topological polar surface area (TPSA) is 37.8 Å². The van der Waals surface area contributed by atoms with Crippen molar-refractivity contribution < 1.29 is 0 Å². The van der Waals surface area contributed by atoms with Gasteiger partial charge >= 0.3 is 0 Å². The minimum Gasteiger partial charge on any atom is -0.313 e. The number of aromatic nitrogens is 2. The Balaban J connectivity index is 2.02. The van der Waals surface area contributed by atoms with Crippen LogP contribution in [0.15, 0.2) is 46.7 Å². The van der Waals surface area contributed by atoms with Gasteiger partial charge in [0.1, 0.15) is 0 Å². The largest absolute Gasteiger partial charge is 0.313 e. The molecule has 0 atom stereocenters. The fourth-order valence-electron chi connectivity index (χ4n) is 1.54. The summed E-state index contributed by atoms with van der Waals surface area (Å²) in [7, 11) is 0. The maximum atomic E-state index is 4.37. The third-order valence-corrected chi connectivity index (χ3v) is 3.34. The van der Waals surface area contributed by atoms with E-state index in [2.05, 4.69) is 53.4 Å². The van der Waals surface area contributed by atoms with Crippen LogP contribution >= 0.6 is 11.8 Å². The van der Waals surface area contributed by atoms with Crippen LogP contribution in [0.5, 0.6) is 0 Å². The van der Waals surface area contributed by atoms with Gasteiger partial charge in [-0.2, -0.15) is 0 Å². The van der Waals surface area contributed by atoms with Crippen LogP contribution in [0.3, 0.4) is 0 Å². The second-order valence-corrected chi connectivity index (χ2v) is 5.11. The first-order valence-electron chi connectivity index (χ1n) is 6.04. The van der Waals surface area contributed by atoms with Gasteiger partial charge < -0.3 is 5.32 Å². The highest BCUT2D eigenvalue weighted by Crippen LogP contribution is 2.24. The van der Waals surface area contributed by atoms with Gasteiger partial charge in [-0.25, -0.2) is 9.97 Å². The Kier molecular flexibility index (Phi) is 4.73. The van der Waals surface area contributed by atoms with Crippen molar-refractivity contribution in [1.82, 2.24) is 15.3 Å². The maximum Gasteiger partial charge on any atom is 0.192 e. The lowest BCUT2D eigenvalue weighted by atomic mass is 10.2. The van der Waals surface area contributed by atoms with Gasteiger partial charge in [-0.05, 0) is 37.4 Å². The Morgan fingerprint density at radius 3 is 2.67 bits per heavy atom. The second kappa shape index (κ2) is 6.52. The van der Waals surface area contributed by atoms with Crippen LogP contribution in [-0.4, -0.2) is 16.5 Å². The molecular formula is C14H17N3S. The van der Waals surface area contributed by atoms with E-state index in [1.165, 1.54) is 10.5 Å². The van der Waals surface area contributed by atoms with E-state index in [9.17, 15) is 0 Å². The van der Waals surface area contributed by atoms with Gasteiger partial charge in [0.25, 0.3) is 0 Å². The molecule has 1 aromatic carbocycles. The quantitative estimate of drug-likeness (QED) is 0.838.